The van der Waals surface area contributed by atoms with Crippen LogP contribution in [0.25, 0.3) is 0 Å². The van der Waals surface area contributed by atoms with E-state index < -0.39 is 33.7 Å². The minimum absolute atomic E-state index is 0. The molecular formula is C21H5NNa2O6S. The molecule has 7 nitrogen and oxygen atoms in total. The number of nitrogens with zero attached hydrogens (tertiary/aromatic N) is 1. The van der Waals surface area contributed by atoms with Crippen molar-refractivity contribution < 1.29 is 86.8 Å². The Morgan fingerprint density at radius 2 is 1.13 bits per heavy atom. The van der Waals surface area contributed by atoms with Crippen LogP contribution in [-0.4, -0.2) is 36.0 Å². The van der Waals surface area contributed by atoms with Gasteiger partial charge in [0.2, 0.25) is 0 Å². The summed E-state index contributed by atoms with van der Waals surface area (Å²) in [5.41, 5.74) is 35.1. The number of carbonyl (C=O) groups is 2. The Kier molecular flexibility index (Phi) is 21.7. The van der Waals surface area contributed by atoms with Gasteiger partial charge in [0, 0.05) is 40.1 Å². The Morgan fingerprint density at radius 3 is 1.45 bits per heavy atom. The minimum atomic E-state index is -5.25. The first-order valence-corrected chi connectivity index (χ1v) is 8.42. The Bertz CT molecular complexity index is 1440. The van der Waals surface area contributed by atoms with Gasteiger partial charge in [0.25, 0.3) is 5.91 Å². The summed E-state index contributed by atoms with van der Waals surface area (Å²) < 4.78 is 32.0. The maximum absolute atomic E-state index is 11.3. The number of hydrogen-bond donors (Lipinski definition) is 0. The largest absolute Gasteiger partial charge is 1.00 e. The molecule has 0 heterocycles. The van der Waals surface area contributed by atoms with Gasteiger partial charge in [0.05, 0.1) is 23.5 Å². The van der Waals surface area contributed by atoms with Crippen molar-refractivity contribution in [1.82, 2.24) is 0 Å². The second kappa shape index (κ2) is 20.5. The number of carbonyl (C=O) groups excluding carboxylic acids is 2. The number of rotatable bonds is 4. The fourth-order valence-corrected chi connectivity index (χ4v) is 1.63. The SMILES string of the molecule is C=C=C=C=C=C=C=C=C=C=C=C=C=C=C=C=C=NC(=O)CC(C(=O)[O-])S(=O)(=O)[O-].[Na+].[Na+]. The zero-order valence-electron chi connectivity index (χ0n) is 16.3. The molecule has 0 bridgehead atoms. The van der Waals surface area contributed by atoms with Gasteiger partial charge in [-0.15, -0.1) is 0 Å². The Balaban J connectivity index is -0.00000392. The molecule has 0 N–H and O–H groups in total. The first-order valence-electron chi connectivity index (χ1n) is 6.95. The van der Waals surface area contributed by atoms with Crippen molar-refractivity contribution in [3.05, 3.63) is 92.5 Å². The second-order valence-corrected chi connectivity index (χ2v) is 5.60. The molecular weight excluding hydrogens is 440 g/mol. The molecule has 0 rings (SSSR count). The first-order chi connectivity index (χ1) is 13.8. The van der Waals surface area contributed by atoms with E-state index in [0.29, 0.717) is 0 Å². The Labute approximate surface area is 221 Å². The van der Waals surface area contributed by atoms with Crippen LogP contribution < -0.4 is 64.2 Å². The summed E-state index contributed by atoms with van der Waals surface area (Å²) in [6, 6.07) is 0. The predicted octanol–water partition coefficient (Wildman–Crippen LogP) is -6.24. The standard InChI is InChI=1S/C21H7NO6S.2Na/c1-2-3-4-5-6-7-8-9-10-11-12-13-14-15-16-17-22-20(23)18-19(21(24)25)29(26,27)28;;/h19H,1,18H2,(H,24,25)(H,26,27,28);;/q;2*+1/p-2. The summed E-state index contributed by atoms with van der Waals surface area (Å²) in [6.45, 7) is 3.26. The van der Waals surface area contributed by atoms with E-state index in [-0.39, 0.29) is 59.1 Å². The van der Waals surface area contributed by atoms with Crippen LogP contribution in [0.15, 0.2) is 97.5 Å². The molecule has 31 heavy (non-hydrogen) atoms. The molecule has 0 aliphatic rings. The molecule has 0 spiro atoms. The molecule has 0 aromatic rings. The van der Waals surface area contributed by atoms with Crippen LogP contribution in [-0.2, 0) is 19.7 Å². The number of carboxylic acids is 1. The predicted molar refractivity (Wildman–Crippen MR) is 93.9 cm³/mol. The van der Waals surface area contributed by atoms with E-state index in [0.717, 1.165) is 0 Å². The van der Waals surface area contributed by atoms with Gasteiger partial charge in [-0.25, -0.2) is 8.42 Å². The molecule has 138 valence electrons. The average Bonchev–Trinajstić information content (AvgIpc) is 2.64. The topological polar surface area (TPSA) is 127 Å². The van der Waals surface area contributed by atoms with E-state index in [4.69, 9.17) is 0 Å². The van der Waals surface area contributed by atoms with E-state index in [1.54, 1.807) is 0 Å². The van der Waals surface area contributed by atoms with Gasteiger partial charge in [0.15, 0.2) is 0 Å². The number of hydrogen-bond acceptors (Lipinski definition) is 6. The monoisotopic (exact) mass is 445 g/mol. The zero-order valence-corrected chi connectivity index (χ0v) is 21.1. The van der Waals surface area contributed by atoms with Gasteiger partial charge in [-0.05, 0) is 46.7 Å². The summed E-state index contributed by atoms with van der Waals surface area (Å²) in [5, 5.41) is 7.97. The molecule has 0 radical (unpaired) electrons. The van der Waals surface area contributed by atoms with Gasteiger partial charge in [-0.3, -0.25) is 4.79 Å². The quantitative estimate of drug-likeness (QED) is 0.183. The van der Waals surface area contributed by atoms with Crippen LogP contribution >= 0.6 is 0 Å². The normalized spacial score (nSPS) is 7.65. The van der Waals surface area contributed by atoms with Gasteiger partial charge < -0.3 is 14.5 Å². The molecule has 0 saturated carbocycles. The molecule has 1 unspecified atom stereocenters. The molecule has 0 saturated heterocycles. The average molecular weight is 445 g/mol. The van der Waals surface area contributed by atoms with Crippen LogP contribution in [0.5, 0.6) is 0 Å². The van der Waals surface area contributed by atoms with Crippen molar-refractivity contribution in [2.75, 3.05) is 0 Å². The fourth-order valence-electron chi connectivity index (χ4n) is 1.04. The van der Waals surface area contributed by atoms with Crippen LogP contribution in [0.2, 0.25) is 0 Å². The summed E-state index contributed by atoms with van der Waals surface area (Å²) in [7, 11) is -5.25. The van der Waals surface area contributed by atoms with Gasteiger partial charge in [0.1, 0.15) is 10.1 Å². The van der Waals surface area contributed by atoms with Crippen molar-refractivity contribution in [3.8, 4) is 0 Å². The van der Waals surface area contributed by atoms with E-state index in [1.165, 1.54) is 0 Å². The molecule has 0 aliphatic carbocycles. The third-order valence-corrected chi connectivity index (χ3v) is 3.16. The van der Waals surface area contributed by atoms with Crippen LogP contribution in [0, 0.1) is 0 Å². The molecule has 10 heteroatoms. The van der Waals surface area contributed by atoms with Gasteiger partial charge in [-0.1, -0.05) is 5.73 Å². The molecule has 0 fully saturated rings. The Morgan fingerprint density at radius 1 is 0.774 bits per heavy atom. The number of aliphatic carboxylic acids is 1. The van der Waals surface area contributed by atoms with E-state index in [9.17, 15) is 27.7 Å². The molecule has 1 amide bonds. The summed E-state index contributed by atoms with van der Waals surface area (Å²) >= 11 is 0. The third kappa shape index (κ3) is 20.3. The molecule has 0 aromatic heterocycles. The summed E-state index contributed by atoms with van der Waals surface area (Å²) in [6.07, 6.45) is -1.19. The fraction of sp³-hybridized carbons (Fsp3) is 0.0952. The van der Waals surface area contributed by atoms with Crippen LogP contribution in [0.4, 0.5) is 0 Å². The number of aliphatic imine (C=N–C) groups is 1. The smallest absolute Gasteiger partial charge is 0.747 e. The van der Waals surface area contributed by atoms with Crippen LogP contribution in [0.3, 0.4) is 0 Å². The van der Waals surface area contributed by atoms with E-state index in [1.807, 2.05) is 5.87 Å². The molecule has 1 atom stereocenters. The number of amides is 1. The van der Waals surface area contributed by atoms with Crippen molar-refractivity contribution in [2.45, 2.75) is 11.7 Å². The molecule has 0 aliphatic heterocycles. The van der Waals surface area contributed by atoms with E-state index in [2.05, 4.69) is 97.5 Å². The van der Waals surface area contributed by atoms with Gasteiger partial charge >= 0.3 is 59.1 Å². The zero-order chi connectivity index (χ0) is 22.0. The van der Waals surface area contributed by atoms with Crippen molar-refractivity contribution in [1.29, 1.82) is 0 Å². The number of carboxylic acid groups (broad SMARTS) is 1. The minimum Gasteiger partial charge on any atom is -0.747 e. The third-order valence-electron chi connectivity index (χ3n) is 2.11. The van der Waals surface area contributed by atoms with Crippen molar-refractivity contribution >= 4 is 27.9 Å². The van der Waals surface area contributed by atoms with E-state index >= 15 is 0 Å². The Hall–Kier alpha value is -2.80. The maximum Gasteiger partial charge on any atom is 1.00 e. The summed E-state index contributed by atoms with van der Waals surface area (Å²) in [5.74, 6) is -1.52. The first kappa shape index (κ1) is 32.9. The summed E-state index contributed by atoms with van der Waals surface area (Å²) in [4.78, 5) is 24.8. The maximum atomic E-state index is 11.3. The van der Waals surface area contributed by atoms with Crippen molar-refractivity contribution in [2.24, 2.45) is 4.99 Å². The van der Waals surface area contributed by atoms with Crippen LogP contribution in [0.1, 0.15) is 6.42 Å². The second-order valence-electron chi connectivity index (χ2n) is 4.05. The van der Waals surface area contributed by atoms with Gasteiger partial charge in [-0.2, -0.15) is 4.99 Å². The van der Waals surface area contributed by atoms with Crippen molar-refractivity contribution in [3.63, 3.8) is 0 Å². The molecule has 0 aromatic carbocycles.